The van der Waals surface area contributed by atoms with Gasteiger partial charge in [0, 0.05) is 47.4 Å². The van der Waals surface area contributed by atoms with Crippen LogP contribution in [-0.4, -0.2) is 35.1 Å². The average Bonchev–Trinajstić information content (AvgIpc) is 3.42. The van der Waals surface area contributed by atoms with Crippen LogP contribution in [0.5, 0.6) is 0 Å². The van der Waals surface area contributed by atoms with Crippen LogP contribution in [0.15, 0.2) is 67.3 Å². The number of nitrogens with zero attached hydrogens (tertiary/aromatic N) is 5. The van der Waals surface area contributed by atoms with E-state index in [4.69, 9.17) is 10.7 Å². The first-order valence-corrected chi connectivity index (χ1v) is 9.82. The zero-order valence-corrected chi connectivity index (χ0v) is 16.5. The fourth-order valence-corrected chi connectivity index (χ4v) is 3.78. The molecular formula is C23H15FN8. The van der Waals surface area contributed by atoms with Gasteiger partial charge in [0.1, 0.15) is 22.7 Å². The minimum atomic E-state index is -0.397. The summed E-state index contributed by atoms with van der Waals surface area (Å²) in [6, 6.07) is 12.3. The maximum absolute atomic E-state index is 14.8. The van der Waals surface area contributed by atoms with Crippen molar-refractivity contribution in [3.63, 3.8) is 0 Å². The number of benzene rings is 1. The highest BCUT2D eigenvalue weighted by atomic mass is 19.1. The standard InChI is InChI=1S/C23H15FN8/c24-16-9-19-15(8-14(16)12-7-13(25)11-26-10-12)20(32-31-19)23-29-18-4-6-28-21(22(18)30-23)17-3-1-2-5-27-17/h1-11H,25H2,(H,29,30)(H,31,32). The van der Waals surface area contributed by atoms with Crippen molar-refractivity contribution in [1.29, 1.82) is 0 Å². The lowest BCUT2D eigenvalue weighted by atomic mass is 10.0. The second-order valence-electron chi connectivity index (χ2n) is 7.31. The van der Waals surface area contributed by atoms with Crippen LogP contribution in [0.3, 0.4) is 0 Å². The Balaban J connectivity index is 1.54. The van der Waals surface area contributed by atoms with Crippen molar-refractivity contribution >= 4 is 27.6 Å². The van der Waals surface area contributed by atoms with Crippen molar-refractivity contribution in [1.82, 2.24) is 35.1 Å². The quantitative estimate of drug-likeness (QED) is 0.390. The SMILES string of the molecule is Nc1cncc(-c2cc3c(-c4nc5c(-c6ccccn6)nccc5[nH]4)n[nH]c3cc2F)c1. The molecule has 32 heavy (non-hydrogen) atoms. The number of pyridine rings is 3. The molecule has 0 saturated carbocycles. The molecule has 1 aromatic carbocycles. The highest BCUT2D eigenvalue weighted by molar-refractivity contribution is 5.97. The molecular weight excluding hydrogens is 407 g/mol. The molecule has 0 spiro atoms. The molecule has 9 heteroatoms. The number of fused-ring (bicyclic) bond motifs is 2. The molecule has 6 aromatic rings. The lowest BCUT2D eigenvalue weighted by Gasteiger charge is -2.05. The summed E-state index contributed by atoms with van der Waals surface area (Å²) in [5.74, 6) is 0.144. The van der Waals surface area contributed by atoms with E-state index in [1.165, 1.54) is 12.3 Å². The van der Waals surface area contributed by atoms with Crippen molar-refractivity contribution in [2.45, 2.75) is 0 Å². The Morgan fingerprint density at radius 1 is 0.906 bits per heavy atom. The normalized spacial score (nSPS) is 11.4. The average molecular weight is 422 g/mol. The maximum Gasteiger partial charge on any atom is 0.159 e. The number of nitrogen functional groups attached to an aromatic ring is 1. The number of H-pyrrole nitrogens is 2. The molecule has 5 aromatic heterocycles. The van der Waals surface area contributed by atoms with E-state index in [0.29, 0.717) is 45.1 Å². The number of halogens is 1. The van der Waals surface area contributed by atoms with Gasteiger partial charge < -0.3 is 10.7 Å². The van der Waals surface area contributed by atoms with Gasteiger partial charge in [-0.25, -0.2) is 9.37 Å². The van der Waals surface area contributed by atoms with Crippen molar-refractivity contribution in [3.05, 3.63) is 73.1 Å². The van der Waals surface area contributed by atoms with Gasteiger partial charge in [-0.05, 0) is 30.3 Å². The Labute approximate surface area is 180 Å². The van der Waals surface area contributed by atoms with Gasteiger partial charge in [-0.2, -0.15) is 5.10 Å². The molecule has 0 aliphatic rings. The fourth-order valence-electron chi connectivity index (χ4n) is 3.78. The predicted octanol–water partition coefficient (Wildman–Crippen LogP) is 4.35. The number of imidazole rings is 1. The van der Waals surface area contributed by atoms with Gasteiger partial charge in [0.2, 0.25) is 0 Å². The summed E-state index contributed by atoms with van der Waals surface area (Å²) < 4.78 is 14.8. The molecule has 154 valence electrons. The van der Waals surface area contributed by atoms with Crippen LogP contribution < -0.4 is 5.73 Å². The van der Waals surface area contributed by atoms with E-state index in [1.807, 2.05) is 24.3 Å². The molecule has 0 radical (unpaired) electrons. The molecule has 8 nitrogen and oxygen atoms in total. The predicted molar refractivity (Wildman–Crippen MR) is 120 cm³/mol. The van der Waals surface area contributed by atoms with Gasteiger partial charge in [0.25, 0.3) is 0 Å². The monoisotopic (exact) mass is 422 g/mol. The largest absolute Gasteiger partial charge is 0.397 e. The van der Waals surface area contributed by atoms with Crippen LogP contribution in [0.25, 0.3) is 56.0 Å². The van der Waals surface area contributed by atoms with Crippen LogP contribution in [0.1, 0.15) is 0 Å². The van der Waals surface area contributed by atoms with E-state index in [2.05, 4.69) is 30.1 Å². The van der Waals surface area contributed by atoms with Crippen molar-refractivity contribution in [3.8, 4) is 34.0 Å². The summed E-state index contributed by atoms with van der Waals surface area (Å²) in [6.07, 6.45) is 6.51. The highest BCUT2D eigenvalue weighted by Crippen LogP contribution is 2.33. The smallest absolute Gasteiger partial charge is 0.159 e. The number of anilines is 1. The van der Waals surface area contributed by atoms with E-state index < -0.39 is 5.82 Å². The topological polar surface area (TPSA) is 122 Å². The van der Waals surface area contributed by atoms with Gasteiger partial charge in [-0.1, -0.05) is 6.07 Å². The Morgan fingerprint density at radius 3 is 2.69 bits per heavy atom. The number of nitrogens with one attached hydrogen (secondary N) is 2. The maximum atomic E-state index is 14.8. The van der Waals surface area contributed by atoms with Gasteiger partial charge in [-0.15, -0.1) is 0 Å². The molecule has 0 fully saturated rings. The lowest BCUT2D eigenvalue weighted by molar-refractivity contribution is 0.633. The Kier molecular flexibility index (Phi) is 3.94. The summed E-state index contributed by atoms with van der Waals surface area (Å²) >= 11 is 0. The van der Waals surface area contributed by atoms with Gasteiger partial charge in [-0.3, -0.25) is 20.1 Å². The second-order valence-corrected chi connectivity index (χ2v) is 7.31. The van der Waals surface area contributed by atoms with Crippen LogP contribution in [0, 0.1) is 5.82 Å². The van der Waals surface area contributed by atoms with Crippen molar-refractivity contribution in [2.75, 3.05) is 5.73 Å². The van der Waals surface area contributed by atoms with E-state index in [-0.39, 0.29) is 0 Å². The third kappa shape index (κ3) is 2.87. The summed E-state index contributed by atoms with van der Waals surface area (Å²) in [4.78, 5) is 21.0. The molecule has 4 N–H and O–H groups in total. The number of hydrogen-bond donors (Lipinski definition) is 3. The van der Waals surface area contributed by atoms with Crippen LogP contribution in [-0.2, 0) is 0 Å². The van der Waals surface area contributed by atoms with E-state index in [1.54, 1.807) is 30.7 Å². The second kappa shape index (κ2) is 6.95. The zero-order valence-electron chi connectivity index (χ0n) is 16.5. The molecule has 0 amide bonds. The molecule has 0 atom stereocenters. The number of rotatable bonds is 3. The highest BCUT2D eigenvalue weighted by Gasteiger charge is 2.18. The minimum Gasteiger partial charge on any atom is -0.397 e. The van der Waals surface area contributed by atoms with Crippen LogP contribution >= 0.6 is 0 Å². The van der Waals surface area contributed by atoms with E-state index >= 15 is 0 Å². The van der Waals surface area contributed by atoms with Gasteiger partial charge >= 0.3 is 0 Å². The van der Waals surface area contributed by atoms with Crippen LogP contribution in [0.4, 0.5) is 10.1 Å². The van der Waals surface area contributed by atoms with Crippen molar-refractivity contribution in [2.24, 2.45) is 0 Å². The number of aromatic nitrogens is 7. The first kappa shape index (κ1) is 18.1. The third-order valence-corrected chi connectivity index (χ3v) is 5.25. The number of nitrogens with two attached hydrogens (primary N) is 1. The van der Waals surface area contributed by atoms with Gasteiger partial charge in [0.05, 0.1) is 22.4 Å². The summed E-state index contributed by atoms with van der Waals surface area (Å²) in [6.45, 7) is 0. The lowest BCUT2D eigenvalue weighted by Crippen LogP contribution is -1.90. The minimum absolute atomic E-state index is 0.381. The van der Waals surface area contributed by atoms with Crippen LogP contribution in [0.2, 0.25) is 0 Å². The summed E-state index contributed by atoms with van der Waals surface area (Å²) in [7, 11) is 0. The first-order chi connectivity index (χ1) is 15.7. The zero-order chi connectivity index (χ0) is 21.7. The number of hydrogen-bond acceptors (Lipinski definition) is 6. The van der Waals surface area contributed by atoms with Gasteiger partial charge in [0.15, 0.2) is 5.82 Å². The van der Waals surface area contributed by atoms with E-state index in [9.17, 15) is 4.39 Å². The molecule has 5 heterocycles. The molecule has 0 bridgehead atoms. The Bertz CT molecular complexity index is 1600. The molecule has 0 saturated heterocycles. The summed E-state index contributed by atoms with van der Waals surface area (Å²) in [5.41, 5.74) is 11.3. The van der Waals surface area contributed by atoms with Crippen molar-refractivity contribution < 1.29 is 4.39 Å². The molecule has 0 aliphatic heterocycles. The molecule has 6 rings (SSSR count). The van der Waals surface area contributed by atoms with E-state index in [0.717, 1.165) is 16.6 Å². The fraction of sp³-hybridized carbons (Fsp3) is 0. The third-order valence-electron chi connectivity index (χ3n) is 5.25. The Hall–Kier alpha value is -4.66. The molecule has 0 aliphatic carbocycles. The number of aromatic amines is 2. The molecule has 0 unspecified atom stereocenters. The summed E-state index contributed by atoms with van der Waals surface area (Å²) in [5, 5.41) is 8.00. The first-order valence-electron chi connectivity index (χ1n) is 9.82. The Morgan fingerprint density at radius 2 is 1.84 bits per heavy atom.